The van der Waals surface area contributed by atoms with Gasteiger partial charge in [0.05, 0.1) is 18.1 Å². The van der Waals surface area contributed by atoms with Crippen molar-refractivity contribution < 1.29 is 9.90 Å². The Kier molecular flexibility index (Phi) is 4.93. The maximum Gasteiger partial charge on any atom is 0.231 e. The SMILES string of the molecule is CC[C@]1(C(=O)NC(CO)c2ccccc2)CCc2c(Cl)cccc21. The fourth-order valence-corrected chi connectivity index (χ4v) is 3.98. The van der Waals surface area contributed by atoms with Gasteiger partial charge in [0.15, 0.2) is 0 Å². The van der Waals surface area contributed by atoms with Crippen molar-refractivity contribution in [1.82, 2.24) is 5.32 Å². The summed E-state index contributed by atoms with van der Waals surface area (Å²) in [7, 11) is 0. The molecule has 0 saturated heterocycles. The summed E-state index contributed by atoms with van der Waals surface area (Å²) in [5, 5.41) is 13.5. The van der Waals surface area contributed by atoms with E-state index in [9.17, 15) is 9.90 Å². The molecule has 0 fully saturated rings. The molecule has 1 amide bonds. The Bertz CT molecular complexity index is 732. The maximum atomic E-state index is 13.1. The lowest BCUT2D eigenvalue weighted by Crippen LogP contribution is -2.45. The minimum atomic E-state index is -0.567. The van der Waals surface area contributed by atoms with Crippen molar-refractivity contribution in [3.8, 4) is 0 Å². The van der Waals surface area contributed by atoms with Crippen LogP contribution in [0.5, 0.6) is 0 Å². The number of nitrogens with one attached hydrogen (secondary N) is 1. The molecule has 0 bridgehead atoms. The molecule has 0 heterocycles. The van der Waals surface area contributed by atoms with E-state index in [0.29, 0.717) is 6.42 Å². The number of benzene rings is 2. The molecular weight excluding hydrogens is 322 g/mol. The number of aliphatic hydroxyl groups is 1. The Balaban J connectivity index is 1.90. The first-order chi connectivity index (χ1) is 11.6. The molecule has 4 heteroatoms. The van der Waals surface area contributed by atoms with Crippen molar-refractivity contribution in [3.63, 3.8) is 0 Å². The third kappa shape index (κ3) is 2.83. The van der Waals surface area contributed by atoms with Crippen LogP contribution in [-0.4, -0.2) is 17.6 Å². The smallest absolute Gasteiger partial charge is 0.231 e. The van der Waals surface area contributed by atoms with Crippen LogP contribution in [0, 0.1) is 0 Å². The number of aliphatic hydroxyl groups excluding tert-OH is 1. The standard InChI is InChI=1S/C20H22ClNO2/c1-2-20(12-11-15-16(20)9-6-10-17(15)21)19(24)22-18(13-23)14-7-4-3-5-8-14/h3-10,18,23H,2,11-13H2,1H3,(H,22,24)/t18?,20-/m0/s1. The summed E-state index contributed by atoms with van der Waals surface area (Å²) in [6.07, 6.45) is 2.27. The zero-order valence-electron chi connectivity index (χ0n) is 13.8. The number of carbonyl (C=O) groups is 1. The molecule has 1 unspecified atom stereocenters. The van der Waals surface area contributed by atoms with Crippen LogP contribution in [0.1, 0.15) is 42.5 Å². The molecule has 0 aliphatic heterocycles. The minimum absolute atomic E-state index is 0.0334. The van der Waals surface area contributed by atoms with E-state index in [1.807, 2.05) is 55.5 Å². The second-order valence-corrected chi connectivity index (χ2v) is 6.73. The lowest BCUT2D eigenvalue weighted by molar-refractivity contribution is -0.128. The Morgan fingerprint density at radius 1 is 1.25 bits per heavy atom. The average molecular weight is 344 g/mol. The fraction of sp³-hybridized carbons (Fsp3) is 0.350. The summed E-state index contributed by atoms with van der Waals surface area (Å²) in [5.41, 5.74) is 2.45. The number of amides is 1. The molecule has 2 aromatic rings. The molecule has 24 heavy (non-hydrogen) atoms. The number of halogens is 1. The van der Waals surface area contributed by atoms with Crippen molar-refractivity contribution in [2.24, 2.45) is 0 Å². The lowest BCUT2D eigenvalue weighted by atomic mass is 9.78. The van der Waals surface area contributed by atoms with E-state index in [-0.39, 0.29) is 12.5 Å². The fourth-order valence-electron chi connectivity index (χ4n) is 3.71. The molecule has 1 aliphatic rings. The van der Waals surface area contributed by atoms with Gasteiger partial charge >= 0.3 is 0 Å². The van der Waals surface area contributed by atoms with Gasteiger partial charge in [0.2, 0.25) is 5.91 Å². The number of carbonyl (C=O) groups excluding carboxylic acids is 1. The zero-order chi connectivity index (χ0) is 17.2. The Morgan fingerprint density at radius 3 is 2.67 bits per heavy atom. The van der Waals surface area contributed by atoms with Crippen LogP contribution in [0.15, 0.2) is 48.5 Å². The van der Waals surface area contributed by atoms with Crippen LogP contribution in [0.3, 0.4) is 0 Å². The van der Waals surface area contributed by atoms with Gasteiger partial charge in [-0.05, 0) is 42.0 Å². The molecule has 126 valence electrons. The molecule has 3 rings (SSSR count). The van der Waals surface area contributed by atoms with E-state index in [1.165, 1.54) is 0 Å². The highest BCUT2D eigenvalue weighted by Gasteiger charge is 2.44. The summed E-state index contributed by atoms with van der Waals surface area (Å²) in [6.45, 7) is 1.91. The van der Waals surface area contributed by atoms with E-state index < -0.39 is 11.5 Å². The van der Waals surface area contributed by atoms with Crippen LogP contribution >= 0.6 is 11.6 Å². The predicted octanol–water partition coefficient (Wildman–Crippen LogP) is 3.78. The first kappa shape index (κ1) is 17.0. The van der Waals surface area contributed by atoms with Crippen molar-refractivity contribution in [2.75, 3.05) is 6.61 Å². The maximum absolute atomic E-state index is 13.1. The van der Waals surface area contributed by atoms with Crippen LogP contribution in [0.2, 0.25) is 5.02 Å². The molecule has 2 N–H and O–H groups in total. The second kappa shape index (κ2) is 6.96. The summed E-state index contributed by atoms with van der Waals surface area (Å²) >= 11 is 6.32. The minimum Gasteiger partial charge on any atom is -0.394 e. The second-order valence-electron chi connectivity index (χ2n) is 6.32. The van der Waals surface area contributed by atoms with Gasteiger partial charge in [0.1, 0.15) is 0 Å². The van der Waals surface area contributed by atoms with E-state index in [0.717, 1.165) is 34.6 Å². The van der Waals surface area contributed by atoms with Crippen molar-refractivity contribution in [2.45, 2.75) is 37.6 Å². The number of rotatable bonds is 5. The highest BCUT2D eigenvalue weighted by molar-refractivity contribution is 6.31. The molecule has 2 atom stereocenters. The molecule has 1 aliphatic carbocycles. The van der Waals surface area contributed by atoms with Crippen molar-refractivity contribution in [1.29, 1.82) is 0 Å². The molecule has 3 nitrogen and oxygen atoms in total. The molecule has 0 aromatic heterocycles. The van der Waals surface area contributed by atoms with Crippen LogP contribution in [0.25, 0.3) is 0 Å². The summed E-state index contributed by atoms with van der Waals surface area (Å²) in [4.78, 5) is 13.1. The lowest BCUT2D eigenvalue weighted by Gasteiger charge is -2.30. The monoisotopic (exact) mass is 343 g/mol. The molecule has 0 radical (unpaired) electrons. The van der Waals surface area contributed by atoms with E-state index in [2.05, 4.69) is 5.32 Å². The van der Waals surface area contributed by atoms with Crippen molar-refractivity contribution in [3.05, 3.63) is 70.2 Å². The van der Waals surface area contributed by atoms with Gasteiger partial charge < -0.3 is 10.4 Å². The van der Waals surface area contributed by atoms with Crippen LogP contribution < -0.4 is 5.32 Å². The summed E-state index contributed by atoms with van der Waals surface area (Å²) in [5.74, 6) is -0.0334. The highest BCUT2D eigenvalue weighted by Crippen LogP contribution is 2.44. The first-order valence-corrected chi connectivity index (χ1v) is 8.75. The normalized spacial score (nSPS) is 20.5. The third-order valence-corrected chi connectivity index (χ3v) is 5.52. The quantitative estimate of drug-likeness (QED) is 0.867. The van der Waals surface area contributed by atoms with E-state index in [1.54, 1.807) is 0 Å². The summed E-state index contributed by atoms with van der Waals surface area (Å²) < 4.78 is 0. The van der Waals surface area contributed by atoms with Crippen LogP contribution in [0.4, 0.5) is 0 Å². The highest BCUT2D eigenvalue weighted by atomic mass is 35.5. The molecule has 0 saturated carbocycles. The van der Waals surface area contributed by atoms with E-state index in [4.69, 9.17) is 11.6 Å². The first-order valence-electron chi connectivity index (χ1n) is 8.37. The molecule has 0 spiro atoms. The Labute approximate surface area is 147 Å². The Morgan fingerprint density at radius 2 is 2.00 bits per heavy atom. The Hall–Kier alpha value is -1.84. The van der Waals surface area contributed by atoms with Gasteiger partial charge in [-0.1, -0.05) is 61.0 Å². The van der Waals surface area contributed by atoms with Gasteiger partial charge in [0.25, 0.3) is 0 Å². The molecular formula is C20H22ClNO2. The average Bonchev–Trinajstić information content (AvgIpc) is 3.01. The van der Waals surface area contributed by atoms with Gasteiger partial charge in [0, 0.05) is 5.02 Å². The zero-order valence-corrected chi connectivity index (χ0v) is 14.5. The van der Waals surface area contributed by atoms with Gasteiger partial charge in [-0.25, -0.2) is 0 Å². The van der Waals surface area contributed by atoms with Gasteiger partial charge in [-0.2, -0.15) is 0 Å². The van der Waals surface area contributed by atoms with E-state index >= 15 is 0 Å². The van der Waals surface area contributed by atoms with Crippen molar-refractivity contribution >= 4 is 17.5 Å². The molecule has 2 aromatic carbocycles. The van der Waals surface area contributed by atoms with Crippen LogP contribution in [-0.2, 0) is 16.6 Å². The summed E-state index contributed by atoms with van der Waals surface area (Å²) in [6, 6.07) is 15.0. The number of fused-ring (bicyclic) bond motifs is 1. The third-order valence-electron chi connectivity index (χ3n) is 5.16. The number of hydrogen-bond acceptors (Lipinski definition) is 2. The largest absolute Gasteiger partial charge is 0.394 e. The van der Waals surface area contributed by atoms with Gasteiger partial charge in [-0.15, -0.1) is 0 Å². The van der Waals surface area contributed by atoms with Gasteiger partial charge in [-0.3, -0.25) is 4.79 Å². The topological polar surface area (TPSA) is 49.3 Å². The number of hydrogen-bond donors (Lipinski definition) is 2. The predicted molar refractivity (Wildman–Crippen MR) is 96.2 cm³/mol.